The quantitative estimate of drug-likeness (QED) is 0.535. The minimum absolute atomic E-state index is 0.0313. The molecule has 11 heteroatoms. The number of carbonyl (C=O) groups is 1. The predicted molar refractivity (Wildman–Crippen MR) is 121 cm³/mol. The first-order chi connectivity index (χ1) is 15.3. The fraction of sp³-hybridized carbons (Fsp3) is 0.478. The number of aromatic nitrogens is 1. The molecular weight excluding hydrogens is 478 g/mol. The number of aliphatic hydroxyl groups is 1. The normalized spacial score (nSPS) is 14.5. The molecule has 1 heterocycles. The SMILES string of the molecule is CN(C(=O)OC(C)(C)C)C(C)(C)c1cc(-c2ccc(F)c(Cl)c2)nc(C(O)(CN)C(F)(F)F)c1. The van der Waals surface area contributed by atoms with Gasteiger partial charge in [-0.2, -0.15) is 13.2 Å². The van der Waals surface area contributed by atoms with Gasteiger partial charge >= 0.3 is 12.3 Å². The van der Waals surface area contributed by atoms with Gasteiger partial charge in [-0.05, 0) is 70.5 Å². The van der Waals surface area contributed by atoms with Crippen LogP contribution in [-0.2, 0) is 15.9 Å². The highest BCUT2D eigenvalue weighted by Gasteiger charge is 2.55. The predicted octanol–water partition coefficient (Wildman–Crippen LogP) is 5.35. The minimum atomic E-state index is -5.15. The maximum atomic E-state index is 13.8. The van der Waals surface area contributed by atoms with Crippen molar-refractivity contribution >= 4 is 17.7 Å². The van der Waals surface area contributed by atoms with E-state index >= 15 is 0 Å². The molecule has 34 heavy (non-hydrogen) atoms. The lowest BCUT2D eigenvalue weighted by Gasteiger charge is -2.38. The summed E-state index contributed by atoms with van der Waals surface area (Å²) < 4.78 is 60.5. The number of hydrogen-bond acceptors (Lipinski definition) is 5. The zero-order chi connectivity index (χ0) is 26.3. The Morgan fingerprint density at radius 2 is 1.74 bits per heavy atom. The number of hydrogen-bond donors (Lipinski definition) is 2. The van der Waals surface area contributed by atoms with Crippen molar-refractivity contribution in [3.63, 3.8) is 0 Å². The number of rotatable bonds is 5. The van der Waals surface area contributed by atoms with Crippen molar-refractivity contribution in [2.75, 3.05) is 13.6 Å². The number of amides is 1. The average Bonchev–Trinajstić information content (AvgIpc) is 2.72. The molecule has 0 aliphatic carbocycles. The summed E-state index contributed by atoms with van der Waals surface area (Å²) in [5.74, 6) is -0.722. The molecule has 0 saturated heterocycles. The van der Waals surface area contributed by atoms with Crippen LogP contribution in [-0.4, -0.2) is 46.5 Å². The molecule has 0 saturated carbocycles. The lowest BCUT2D eigenvalue weighted by Crippen LogP contribution is -2.49. The van der Waals surface area contributed by atoms with E-state index in [1.54, 1.807) is 34.6 Å². The van der Waals surface area contributed by atoms with Crippen molar-refractivity contribution in [1.82, 2.24) is 9.88 Å². The van der Waals surface area contributed by atoms with Crippen LogP contribution < -0.4 is 5.73 Å². The van der Waals surface area contributed by atoms with Crippen LogP contribution in [0.3, 0.4) is 0 Å². The molecule has 1 aromatic heterocycles. The fourth-order valence-electron chi connectivity index (χ4n) is 3.02. The first kappa shape index (κ1) is 27.8. The highest BCUT2D eigenvalue weighted by Crippen LogP contribution is 2.40. The van der Waals surface area contributed by atoms with Gasteiger partial charge in [-0.25, -0.2) is 14.2 Å². The fourth-order valence-corrected chi connectivity index (χ4v) is 3.20. The molecule has 0 aliphatic rings. The van der Waals surface area contributed by atoms with Crippen LogP contribution in [0, 0.1) is 5.82 Å². The summed E-state index contributed by atoms with van der Waals surface area (Å²) in [4.78, 5) is 17.9. The first-order valence-electron chi connectivity index (χ1n) is 10.3. The van der Waals surface area contributed by atoms with Crippen molar-refractivity contribution in [3.05, 3.63) is 52.4 Å². The van der Waals surface area contributed by atoms with Crippen molar-refractivity contribution in [3.8, 4) is 11.3 Å². The van der Waals surface area contributed by atoms with E-state index < -0.39 is 47.1 Å². The Hall–Kier alpha value is -2.43. The standard InChI is InChI=1S/C23H28ClF4N3O3/c1-20(2,3)34-19(32)31(6)21(4,5)14-10-17(13-7-8-16(25)15(24)9-13)30-18(11-14)22(33,12-29)23(26,27)28/h7-11,33H,12,29H2,1-6H3. The van der Waals surface area contributed by atoms with Crippen LogP contribution >= 0.6 is 11.6 Å². The Morgan fingerprint density at radius 1 is 1.15 bits per heavy atom. The highest BCUT2D eigenvalue weighted by molar-refractivity contribution is 6.31. The number of benzene rings is 1. The zero-order valence-corrected chi connectivity index (χ0v) is 20.5. The first-order valence-corrected chi connectivity index (χ1v) is 10.7. The third-order valence-corrected chi connectivity index (χ3v) is 5.73. The van der Waals surface area contributed by atoms with Gasteiger partial charge in [0.2, 0.25) is 5.60 Å². The largest absolute Gasteiger partial charge is 0.444 e. The third kappa shape index (κ3) is 5.61. The van der Waals surface area contributed by atoms with Crippen LogP contribution in [0.5, 0.6) is 0 Å². The molecule has 2 aromatic rings. The number of carbonyl (C=O) groups excluding carboxylic acids is 1. The van der Waals surface area contributed by atoms with Gasteiger partial charge in [0.1, 0.15) is 11.4 Å². The Kier molecular flexibility index (Phi) is 7.62. The molecule has 0 spiro atoms. The van der Waals surface area contributed by atoms with Crippen LogP contribution in [0.25, 0.3) is 11.3 Å². The van der Waals surface area contributed by atoms with E-state index in [-0.39, 0.29) is 21.8 Å². The summed E-state index contributed by atoms with van der Waals surface area (Å²) in [5.41, 5.74) is -0.587. The number of nitrogens with two attached hydrogens (primary N) is 1. The van der Waals surface area contributed by atoms with Crippen LogP contribution in [0.15, 0.2) is 30.3 Å². The smallest absolute Gasteiger partial charge is 0.424 e. The summed E-state index contributed by atoms with van der Waals surface area (Å²) in [6.07, 6.45) is -5.86. The summed E-state index contributed by atoms with van der Waals surface area (Å²) >= 11 is 5.85. The van der Waals surface area contributed by atoms with E-state index in [1.807, 2.05) is 0 Å². The van der Waals surface area contributed by atoms with Gasteiger partial charge < -0.3 is 20.5 Å². The summed E-state index contributed by atoms with van der Waals surface area (Å²) in [6.45, 7) is 7.02. The minimum Gasteiger partial charge on any atom is -0.444 e. The lowest BCUT2D eigenvalue weighted by molar-refractivity contribution is -0.263. The molecular formula is C23H28ClF4N3O3. The zero-order valence-electron chi connectivity index (χ0n) is 19.7. The summed E-state index contributed by atoms with van der Waals surface area (Å²) in [6, 6.07) is 6.00. The van der Waals surface area contributed by atoms with Crippen LogP contribution in [0.1, 0.15) is 45.9 Å². The second-order valence-corrected chi connectivity index (χ2v) is 9.82. The lowest BCUT2D eigenvalue weighted by atomic mass is 9.88. The van der Waals surface area contributed by atoms with Crippen molar-refractivity contribution in [1.29, 1.82) is 0 Å². The van der Waals surface area contributed by atoms with E-state index in [1.165, 1.54) is 30.1 Å². The maximum Gasteiger partial charge on any atom is 0.424 e. The second kappa shape index (κ2) is 9.31. The van der Waals surface area contributed by atoms with Gasteiger partial charge in [-0.1, -0.05) is 11.6 Å². The molecule has 3 N–H and O–H groups in total. The van der Waals surface area contributed by atoms with Crippen molar-refractivity contribution in [2.24, 2.45) is 5.73 Å². The molecule has 6 nitrogen and oxygen atoms in total. The van der Waals surface area contributed by atoms with Gasteiger partial charge in [-0.3, -0.25) is 0 Å². The van der Waals surface area contributed by atoms with Crippen LogP contribution in [0.2, 0.25) is 5.02 Å². The van der Waals surface area contributed by atoms with Gasteiger partial charge in [-0.15, -0.1) is 0 Å². The second-order valence-electron chi connectivity index (χ2n) is 9.42. The van der Waals surface area contributed by atoms with Crippen molar-refractivity contribution < 1.29 is 32.2 Å². The number of pyridine rings is 1. The van der Waals surface area contributed by atoms with Gasteiger partial charge in [0.15, 0.2) is 0 Å². The molecule has 0 radical (unpaired) electrons. The van der Waals surface area contributed by atoms with Crippen LogP contribution in [0.4, 0.5) is 22.4 Å². The molecule has 0 bridgehead atoms. The monoisotopic (exact) mass is 505 g/mol. The average molecular weight is 506 g/mol. The van der Waals surface area contributed by atoms with E-state index in [9.17, 15) is 27.5 Å². The van der Waals surface area contributed by atoms with E-state index in [4.69, 9.17) is 22.1 Å². The van der Waals surface area contributed by atoms with Gasteiger partial charge in [0.25, 0.3) is 0 Å². The Morgan fingerprint density at radius 3 is 2.21 bits per heavy atom. The third-order valence-electron chi connectivity index (χ3n) is 5.44. The summed E-state index contributed by atoms with van der Waals surface area (Å²) in [7, 11) is 1.43. The highest BCUT2D eigenvalue weighted by atomic mass is 35.5. The summed E-state index contributed by atoms with van der Waals surface area (Å²) in [5, 5.41) is 10.2. The molecule has 0 aliphatic heterocycles. The molecule has 2 rings (SSSR count). The Bertz CT molecular complexity index is 1070. The molecule has 0 fully saturated rings. The number of ether oxygens (including phenoxy) is 1. The van der Waals surface area contributed by atoms with E-state index in [0.717, 1.165) is 12.1 Å². The molecule has 188 valence electrons. The molecule has 1 amide bonds. The molecule has 1 unspecified atom stereocenters. The number of nitrogens with zero attached hydrogens (tertiary/aromatic N) is 2. The number of alkyl halides is 3. The number of halogens is 5. The molecule has 1 aromatic carbocycles. The maximum absolute atomic E-state index is 13.8. The van der Waals surface area contributed by atoms with Crippen molar-refractivity contribution in [2.45, 2.75) is 57.5 Å². The van der Waals surface area contributed by atoms with E-state index in [2.05, 4.69) is 4.98 Å². The Labute approximate surface area is 200 Å². The molecule has 1 atom stereocenters. The van der Waals surface area contributed by atoms with Gasteiger partial charge in [0.05, 0.1) is 21.9 Å². The van der Waals surface area contributed by atoms with Gasteiger partial charge in [0, 0.05) is 19.2 Å². The Balaban J connectivity index is 2.76. The van der Waals surface area contributed by atoms with E-state index in [0.29, 0.717) is 0 Å². The topological polar surface area (TPSA) is 88.7 Å².